The largest absolute Gasteiger partial charge is 0.393 e. The van der Waals surface area contributed by atoms with Gasteiger partial charge in [-0.15, -0.1) is 0 Å². The highest BCUT2D eigenvalue weighted by Gasteiger charge is 2.28. The Morgan fingerprint density at radius 2 is 1.69 bits per heavy atom. The lowest BCUT2D eigenvalue weighted by Gasteiger charge is -2.22. The highest BCUT2D eigenvalue weighted by molar-refractivity contribution is 7.98. The minimum Gasteiger partial charge on any atom is -0.325 e. The van der Waals surface area contributed by atoms with E-state index in [0.717, 1.165) is 33.2 Å². The molecule has 2 N–H and O–H groups in total. The van der Waals surface area contributed by atoms with E-state index in [-0.39, 0.29) is 18.5 Å². The van der Waals surface area contributed by atoms with E-state index in [0.29, 0.717) is 4.90 Å². The first-order valence-electron chi connectivity index (χ1n) is 10.8. The van der Waals surface area contributed by atoms with E-state index < -0.39 is 30.6 Å². The Balaban J connectivity index is 1.67. The summed E-state index contributed by atoms with van der Waals surface area (Å²) in [5, 5.41) is 13.9. The lowest BCUT2D eigenvalue weighted by Crippen LogP contribution is -2.50. The molecule has 1 unspecified atom stereocenters. The summed E-state index contributed by atoms with van der Waals surface area (Å²) in [4.78, 5) is 26.9. The van der Waals surface area contributed by atoms with Crippen molar-refractivity contribution in [3.63, 3.8) is 0 Å². The molecule has 0 saturated carbocycles. The van der Waals surface area contributed by atoms with Gasteiger partial charge in [0, 0.05) is 17.9 Å². The molecule has 0 fully saturated rings. The Bertz CT molecular complexity index is 1230. The fourth-order valence-corrected chi connectivity index (χ4v) is 4.01. The first-order valence-corrected chi connectivity index (χ1v) is 11.6. The van der Waals surface area contributed by atoms with Gasteiger partial charge in [0.15, 0.2) is 6.19 Å². The zero-order chi connectivity index (χ0) is 25.4. The second-order valence-electron chi connectivity index (χ2n) is 7.73. The highest BCUT2D eigenvalue weighted by Crippen LogP contribution is 2.23. The van der Waals surface area contributed by atoms with E-state index in [2.05, 4.69) is 10.0 Å². The zero-order valence-electron chi connectivity index (χ0n) is 18.8. The number of halogens is 3. The third kappa shape index (κ3) is 7.65. The van der Waals surface area contributed by atoms with E-state index in [9.17, 15) is 28.0 Å². The van der Waals surface area contributed by atoms with Crippen LogP contribution in [0, 0.1) is 11.5 Å². The van der Waals surface area contributed by atoms with Crippen LogP contribution in [0.4, 0.5) is 18.0 Å². The van der Waals surface area contributed by atoms with Crippen molar-refractivity contribution in [1.29, 1.82) is 5.26 Å². The van der Waals surface area contributed by atoms with Crippen LogP contribution < -0.4 is 10.0 Å². The number of nitriles is 1. The van der Waals surface area contributed by atoms with Crippen molar-refractivity contribution >= 4 is 34.7 Å². The maximum absolute atomic E-state index is 12.9. The first-order chi connectivity index (χ1) is 16.7. The van der Waals surface area contributed by atoms with E-state index >= 15 is 0 Å². The summed E-state index contributed by atoms with van der Waals surface area (Å²) >= 11 is 0.904. The molecular formula is C25H23F3N4O2S. The molecule has 3 aromatic rings. The lowest BCUT2D eigenvalue weighted by molar-refractivity contribution is -0.130. The average molecular weight is 501 g/mol. The average Bonchev–Trinajstić information content (AvgIpc) is 2.83. The zero-order valence-corrected chi connectivity index (χ0v) is 19.6. The first kappa shape index (κ1) is 25.9. The van der Waals surface area contributed by atoms with Crippen molar-refractivity contribution in [2.45, 2.75) is 36.9 Å². The predicted molar refractivity (Wildman–Crippen MR) is 128 cm³/mol. The van der Waals surface area contributed by atoms with Crippen molar-refractivity contribution in [3.05, 3.63) is 77.9 Å². The minimum absolute atomic E-state index is 0.114. The van der Waals surface area contributed by atoms with Gasteiger partial charge in [0.1, 0.15) is 6.04 Å². The molecule has 0 aromatic heterocycles. The molecule has 3 rings (SSSR count). The molecule has 35 heavy (non-hydrogen) atoms. The second-order valence-corrected chi connectivity index (χ2v) is 8.61. The Kier molecular flexibility index (Phi) is 8.60. The standard InChI is InChI=1S/C25H23F3N4O2S/c1-2-32(16-29)23(33)22(14-18-7-10-19-5-3-4-6-20(19)13-18)30-24(34)31-35-21-11-8-17(9-12-21)15-25(26,27)28/h3-13,22H,2,14-15H2,1H3,(H2,30,31,34). The molecule has 1 atom stereocenters. The number of carbonyl (C=O) groups is 2. The van der Waals surface area contributed by atoms with E-state index in [4.69, 9.17) is 0 Å². The van der Waals surface area contributed by atoms with Crippen LogP contribution in [0.3, 0.4) is 0 Å². The molecule has 6 nitrogen and oxygen atoms in total. The molecule has 10 heteroatoms. The van der Waals surface area contributed by atoms with Crippen LogP contribution in [0.2, 0.25) is 0 Å². The minimum atomic E-state index is -4.30. The van der Waals surface area contributed by atoms with Crippen LogP contribution >= 0.6 is 11.9 Å². The number of nitrogens with zero attached hydrogens (tertiary/aromatic N) is 2. The number of nitrogens with one attached hydrogen (secondary N) is 2. The molecule has 0 aliphatic carbocycles. The van der Waals surface area contributed by atoms with E-state index in [1.165, 1.54) is 24.3 Å². The Morgan fingerprint density at radius 3 is 2.31 bits per heavy atom. The number of fused-ring (bicyclic) bond motifs is 1. The smallest absolute Gasteiger partial charge is 0.325 e. The molecule has 182 valence electrons. The Hall–Kier alpha value is -3.71. The summed E-state index contributed by atoms with van der Waals surface area (Å²) in [6, 6.07) is 17.4. The van der Waals surface area contributed by atoms with Crippen LogP contribution in [0.25, 0.3) is 10.8 Å². The molecule has 0 aliphatic rings. The van der Waals surface area contributed by atoms with Crippen LogP contribution in [0.15, 0.2) is 71.6 Å². The van der Waals surface area contributed by atoms with Gasteiger partial charge in [-0.05, 0) is 52.9 Å². The summed E-state index contributed by atoms with van der Waals surface area (Å²) in [5.74, 6) is -0.542. The van der Waals surface area contributed by atoms with Gasteiger partial charge < -0.3 is 5.32 Å². The number of amides is 3. The maximum atomic E-state index is 12.9. The van der Waals surface area contributed by atoms with Crippen molar-refractivity contribution in [1.82, 2.24) is 14.9 Å². The summed E-state index contributed by atoms with van der Waals surface area (Å²) in [6.45, 7) is 1.82. The number of benzene rings is 3. The van der Waals surface area contributed by atoms with Crippen LogP contribution in [0.5, 0.6) is 0 Å². The third-order valence-corrected chi connectivity index (χ3v) is 5.94. The molecule has 3 aromatic carbocycles. The second kappa shape index (κ2) is 11.6. The van der Waals surface area contributed by atoms with Gasteiger partial charge in [0.05, 0.1) is 6.42 Å². The van der Waals surface area contributed by atoms with Crippen LogP contribution in [0.1, 0.15) is 18.1 Å². The van der Waals surface area contributed by atoms with Crippen molar-refractivity contribution in [2.75, 3.05) is 6.54 Å². The van der Waals surface area contributed by atoms with Crippen molar-refractivity contribution in [3.8, 4) is 6.19 Å². The van der Waals surface area contributed by atoms with E-state index in [1.807, 2.05) is 48.7 Å². The molecule has 0 aliphatic heterocycles. The monoisotopic (exact) mass is 500 g/mol. The number of hydrogen-bond acceptors (Lipinski definition) is 4. The number of alkyl halides is 3. The molecule has 3 amide bonds. The molecule has 0 saturated heterocycles. The van der Waals surface area contributed by atoms with Gasteiger partial charge >= 0.3 is 12.2 Å². The van der Waals surface area contributed by atoms with Crippen molar-refractivity contribution in [2.24, 2.45) is 0 Å². The van der Waals surface area contributed by atoms with Crippen LogP contribution in [-0.4, -0.2) is 35.6 Å². The number of likely N-dealkylation sites (N-methyl/N-ethyl adjacent to an activating group) is 1. The maximum Gasteiger partial charge on any atom is 0.393 e. The number of hydrogen-bond donors (Lipinski definition) is 2. The quantitative estimate of drug-likeness (QED) is 0.253. The highest BCUT2D eigenvalue weighted by atomic mass is 32.2. The summed E-state index contributed by atoms with van der Waals surface area (Å²) in [5.41, 5.74) is 0.924. The summed E-state index contributed by atoms with van der Waals surface area (Å²) < 4.78 is 40.0. The molecule has 0 spiro atoms. The predicted octanol–water partition coefficient (Wildman–Crippen LogP) is 5.19. The number of urea groups is 1. The van der Waals surface area contributed by atoms with Gasteiger partial charge in [-0.1, -0.05) is 54.6 Å². The lowest BCUT2D eigenvalue weighted by atomic mass is 10.0. The van der Waals surface area contributed by atoms with Gasteiger partial charge in [-0.2, -0.15) is 18.4 Å². The SMILES string of the molecule is CCN(C#N)C(=O)C(Cc1ccc2ccccc2c1)NC(=O)NSc1ccc(CC(F)(F)F)cc1. The van der Waals surface area contributed by atoms with E-state index in [1.54, 1.807) is 6.92 Å². The van der Waals surface area contributed by atoms with Crippen LogP contribution in [-0.2, 0) is 17.6 Å². The molecule has 0 heterocycles. The third-order valence-electron chi connectivity index (χ3n) is 5.15. The molecule has 0 bridgehead atoms. The summed E-state index contributed by atoms with van der Waals surface area (Å²) in [6.07, 6.45) is -3.33. The van der Waals surface area contributed by atoms with Gasteiger partial charge in [-0.3, -0.25) is 9.52 Å². The fourth-order valence-electron chi connectivity index (χ4n) is 3.47. The fraction of sp³-hybridized carbons (Fsp3) is 0.240. The number of rotatable bonds is 8. The Labute approximate surface area is 205 Å². The topological polar surface area (TPSA) is 85.2 Å². The summed E-state index contributed by atoms with van der Waals surface area (Å²) in [7, 11) is 0. The number of carbonyl (C=O) groups excluding carboxylic acids is 2. The Morgan fingerprint density at radius 1 is 1.03 bits per heavy atom. The molecule has 0 radical (unpaired) electrons. The normalized spacial score (nSPS) is 12.0. The van der Waals surface area contributed by atoms with Crippen molar-refractivity contribution < 1.29 is 22.8 Å². The molecular weight excluding hydrogens is 477 g/mol. The van der Waals surface area contributed by atoms with Gasteiger partial charge in [-0.25, -0.2) is 9.69 Å². The van der Waals surface area contributed by atoms with Gasteiger partial charge in [0.2, 0.25) is 0 Å². The van der Waals surface area contributed by atoms with Gasteiger partial charge in [0.25, 0.3) is 5.91 Å².